The molecule has 0 saturated heterocycles. The summed E-state index contributed by atoms with van der Waals surface area (Å²) in [5.41, 5.74) is 1.03. The van der Waals surface area contributed by atoms with Crippen LogP contribution in [-0.2, 0) is 6.42 Å². The topological polar surface area (TPSA) is 25.8 Å². The van der Waals surface area contributed by atoms with E-state index in [9.17, 15) is 0 Å². The lowest BCUT2D eigenvalue weighted by Crippen LogP contribution is -1.95. The zero-order chi connectivity index (χ0) is 8.97. The lowest BCUT2D eigenvalue weighted by Gasteiger charge is -2.02. The minimum atomic E-state index is 0.531. The third kappa shape index (κ3) is 3.18. The van der Waals surface area contributed by atoms with Gasteiger partial charge in [0.15, 0.2) is 0 Å². The number of aromatic nitrogens is 2. The molecule has 0 aliphatic heterocycles. The summed E-state index contributed by atoms with van der Waals surface area (Å²) in [5.74, 6) is 0.707. The Kier molecular flexibility index (Phi) is 3.48. The molecule has 3 heteroatoms. The summed E-state index contributed by atoms with van der Waals surface area (Å²) in [7, 11) is 0. The van der Waals surface area contributed by atoms with Crippen molar-refractivity contribution in [2.24, 2.45) is 5.92 Å². The summed E-state index contributed by atoms with van der Waals surface area (Å²) >= 11 is 5.71. The lowest BCUT2D eigenvalue weighted by atomic mass is 10.1. The number of hydrogen-bond donors (Lipinski definition) is 0. The van der Waals surface area contributed by atoms with Crippen molar-refractivity contribution in [3.05, 3.63) is 23.2 Å². The Labute approximate surface area is 78.0 Å². The van der Waals surface area contributed by atoms with Gasteiger partial charge in [0, 0.05) is 5.69 Å². The minimum Gasteiger partial charge on any atom is -0.241 e. The van der Waals surface area contributed by atoms with Crippen molar-refractivity contribution >= 4 is 11.6 Å². The molecule has 0 fully saturated rings. The van der Waals surface area contributed by atoms with Crippen LogP contribution in [0.2, 0.25) is 5.15 Å². The van der Waals surface area contributed by atoms with Crippen LogP contribution in [0.25, 0.3) is 0 Å². The molecule has 1 heterocycles. The van der Waals surface area contributed by atoms with E-state index < -0.39 is 0 Å². The second kappa shape index (κ2) is 4.41. The summed E-state index contributed by atoms with van der Waals surface area (Å²) in [6, 6.07) is 1.82. The second-order valence-electron chi connectivity index (χ2n) is 3.26. The summed E-state index contributed by atoms with van der Waals surface area (Å²) in [5, 5.41) is 0.531. The molecule has 0 aliphatic carbocycles. The minimum absolute atomic E-state index is 0.531. The van der Waals surface area contributed by atoms with Crippen molar-refractivity contribution < 1.29 is 0 Å². The van der Waals surface area contributed by atoms with Gasteiger partial charge in [-0.15, -0.1) is 0 Å². The second-order valence-corrected chi connectivity index (χ2v) is 3.65. The van der Waals surface area contributed by atoms with Crippen LogP contribution < -0.4 is 0 Å². The zero-order valence-corrected chi connectivity index (χ0v) is 8.17. The Balaban J connectivity index is 2.52. The fraction of sp³-hybridized carbons (Fsp3) is 0.556. The van der Waals surface area contributed by atoms with E-state index in [1.54, 1.807) is 0 Å². The monoisotopic (exact) mass is 184 g/mol. The number of aryl methyl sites for hydroxylation is 1. The lowest BCUT2D eigenvalue weighted by molar-refractivity contribution is 0.581. The predicted molar refractivity (Wildman–Crippen MR) is 50.2 cm³/mol. The highest BCUT2D eigenvalue weighted by molar-refractivity contribution is 6.29. The molecular formula is C9H13ClN2. The Bertz CT molecular complexity index is 248. The van der Waals surface area contributed by atoms with Crippen LogP contribution in [0.15, 0.2) is 12.4 Å². The normalized spacial score (nSPS) is 10.7. The van der Waals surface area contributed by atoms with Gasteiger partial charge in [0.1, 0.15) is 11.5 Å². The van der Waals surface area contributed by atoms with Crippen molar-refractivity contribution in [3.63, 3.8) is 0 Å². The molecule has 1 aromatic heterocycles. The smallest absolute Gasteiger partial charge is 0.132 e. The van der Waals surface area contributed by atoms with E-state index in [0.29, 0.717) is 11.1 Å². The van der Waals surface area contributed by atoms with Crippen molar-refractivity contribution in [1.82, 2.24) is 9.97 Å². The summed E-state index contributed by atoms with van der Waals surface area (Å²) in [4.78, 5) is 7.94. The van der Waals surface area contributed by atoms with Gasteiger partial charge in [-0.1, -0.05) is 25.4 Å². The molecule has 0 atom stereocenters. The summed E-state index contributed by atoms with van der Waals surface area (Å²) in [6.07, 6.45) is 3.64. The van der Waals surface area contributed by atoms with Crippen LogP contribution >= 0.6 is 11.6 Å². The highest BCUT2D eigenvalue weighted by Gasteiger charge is 1.98. The van der Waals surface area contributed by atoms with Crippen LogP contribution in [-0.4, -0.2) is 9.97 Å². The van der Waals surface area contributed by atoms with E-state index in [4.69, 9.17) is 11.6 Å². The highest BCUT2D eigenvalue weighted by atomic mass is 35.5. The van der Waals surface area contributed by atoms with Gasteiger partial charge in [-0.25, -0.2) is 9.97 Å². The molecule has 0 amide bonds. The highest BCUT2D eigenvalue weighted by Crippen LogP contribution is 2.09. The van der Waals surface area contributed by atoms with Gasteiger partial charge >= 0.3 is 0 Å². The van der Waals surface area contributed by atoms with Crippen molar-refractivity contribution in [2.75, 3.05) is 0 Å². The fourth-order valence-electron chi connectivity index (χ4n) is 0.943. The van der Waals surface area contributed by atoms with Gasteiger partial charge in [-0.3, -0.25) is 0 Å². The van der Waals surface area contributed by atoms with E-state index in [1.165, 1.54) is 6.33 Å². The molecule has 1 aromatic rings. The number of hydrogen-bond acceptors (Lipinski definition) is 2. The van der Waals surface area contributed by atoms with Crippen LogP contribution in [0.3, 0.4) is 0 Å². The first-order valence-electron chi connectivity index (χ1n) is 4.15. The average molecular weight is 185 g/mol. The predicted octanol–water partition coefficient (Wildman–Crippen LogP) is 2.72. The van der Waals surface area contributed by atoms with E-state index in [0.717, 1.165) is 18.5 Å². The zero-order valence-electron chi connectivity index (χ0n) is 7.42. The Morgan fingerprint density at radius 2 is 2.17 bits per heavy atom. The standard InChI is InChI=1S/C9H13ClN2/c1-7(2)3-4-8-5-9(10)12-6-11-8/h5-7H,3-4H2,1-2H3. The Hall–Kier alpha value is -0.630. The van der Waals surface area contributed by atoms with E-state index in [1.807, 2.05) is 6.07 Å². The average Bonchev–Trinajstić information content (AvgIpc) is 2.01. The molecule has 12 heavy (non-hydrogen) atoms. The quantitative estimate of drug-likeness (QED) is 0.676. The van der Waals surface area contributed by atoms with E-state index in [2.05, 4.69) is 23.8 Å². The van der Waals surface area contributed by atoms with Crippen molar-refractivity contribution in [3.8, 4) is 0 Å². The van der Waals surface area contributed by atoms with E-state index in [-0.39, 0.29) is 0 Å². The maximum absolute atomic E-state index is 5.71. The maximum Gasteiger partial charge on any atom is 0.132 e. The summed E-state index contributed by atoms with van der Waals surface area (Å²) in [6.45, 7) is 4.39. The molecule has 0 saturated carbocycles. The Morgan fingerprint density at radius 3 is 2.75 bits per heavy atom. The SMILES string of the molecule is CC(C)CCc1cc(Cl)ncn1. The Morgan fingerprint density at radius 1 is 1.42 bits per heavy atom. The van der Waals surface area contributed by atoms with Gasteiger partial charge in [-0.2, -0.15) is 0 Å². The number of halogens is 1. The molecule has 0 radical (unpaired) electrons. The van der Waals surface area contributed by atoms with Gasteiger partial charge in [0.25, 0.3) is 0 Å². The molecule has 1 rings (SSSR count). The molecular weight excluding hydrogens is 172 g/mol. The number of rotatable bonds is 3. The third-order valence-electron chi connectivity index (χ3n) is 1.67. The van der Waals surface area contributed by atoms with Crippen LogP contribution in [0.4, 0.5) is 0 Å². The molecule has 0 spiro atoms. The molecule has 0 aromatic carbocycles. The first kappa shape index (κ1) is 9.46. The summed E-state index contributed by atoms with van der Waals surface area (Å²) < 4.78 is 0. The molecule has 0 unspecified atom stereocenters. The van der Waals surface area contributed by atoms with Crippen LogP contribution in [0.5, 0.6) is 0 Å². The first-order valence-corrected chi connectivity index (χ1v) is 4.52. The molecule has 0 N–H and O–H groups in total. The first-order chi connectivity index (χ1) is 5.68. The molecule has 0 aliphatic rings. The van der Waals surface area contributed by atoms with Gasteiger partial charge in [0.2, 0.25) is 0 Å². The molecule has 0 bridgehead atoms. The maximum atomic E-state index is 5.71. The van der Waals surface area contributed by atoms with Gasteiger partial charge < -0.3 is 0 Å². The van der Waals surface area contributed by atoms with Crippen LogP contribution in [0, 0.1) is 5.92 Å². The van der Waals surface area contributed by atoms with Crippen molar-refractivity contribution in [2.45, 2.75) is 26.7 Å². The number of nitrogens with zero attached hydrogens (tertiary/aromatic N) is 2. The third-order valence-corrected chi connectivity index (χ3v) is 1.87. The largest absolute Gasteiger partial charge is 0.241 e. The van der Waals surface area contributed by atoms with E-state index >= 15 is 0 Å². The van der Waals surface area contributed by atoms with Gasteiger partial charge in [0.05, 0.1) is 0 Å². The van der Waals surface area contributed by atoms with Crippen molar-refractivity contribution in [1.29, 1.82) is 0 Å². The van der Waals surface area contributed by atoms with Crippen LogP contribution in [0.1, 0.15) is 26.0 Å². The van der Waals surface area contributed by atoms with Gasteiger partial charge in [-0.05, 0) is 24.8 Å². The fourth-order valence-corrected chi connectivity index (χ4v) is 1.11. The molecule has 2 nitrogen and oxygen atoms in total. The molecule has 66 valence electrons.